The molecule has 0 aliphatic rings. The summed E-state index contributed by atoms with van der Waals surface area (Å²) in [6.07, 6.45) is 2.09. The first kappa shape index (κ1) is 10.3. The Morgan fingerprint density at radius 1 is 1.46 bits per heavy atom. The monoisotopic (exact) mass is 193 g/mol. The van der Waals surface area contributed by atoms with Gasteiger partial charge in [0, 0.05) is 13.0 Å². The highest BCUT2D eigenvalue weighted by Crippen LogP contribution is 2.05. The summed E-state index contributed by atoms with van der Waals surface area (Å²) in [5.41, 5.74) is 1.43. The summed E-state index contributed by atoms with van der Waals surface area (Å²) in [7, 11) is 0. The Kier molecular flexibility index (Phi) is 5.31. The zero-order valence-corrected chi connectivity index (χ0v) is 8.79. The third kappa shape index (κ3) is 4.72. The molecule has 2 heteroatoms. The molecule has 0 saturated carbocycles. The smallest absolute Gasteiger partial charge is 0.0214 e. The first-order valence-electron chi connectivity index (χ1n) is 4.55. The van der Waals surface area contributed by atoms with Crippen molar-refractivity contribution in [2.45, 2.75) is 19.8 Å². The molecule has 1 N–H and O–H groups in total. The van der Waals surface area contributed by atoms with Gasteiger partial charge in [-0.25, -0.2) is 0 Å². The fourth-order valence-corrected chi connectivity index (χ4v) is 1.77. The molecule has 1 heterocycles. The molecule has 0 saturated heterocycles. The van der Waals surface area contributed by atoms with Crippen molar-refractivity contribution in [3.8, 4) is 11.8 Å². The summed E-state index contributed by atoms with van der Waals surface area (Å²) in [5.74, 6) is 5.92. The van der Waals surface area contributed by atoms with Crippen LogP contribution in [0.1, 0.15) is 18.9 Å². The van der Waals surface area contributed by atoms with Crippen molar-refractivity contribution in [1.82, 2.24) is 5.32 Å². The first-order chi connectivity index (χ1) is 6.43. The lowest BCUT2D eigenvalue weighted by molar-refractivity contribution is 0.695. The predicted molar refractivity (Wildman–Crippen MR) is 59.0 cm³/mol. The molecule has 0 fully saturated rings. The molecular formula is C11H15NS. The van der Waals surface area contributed by atoms with Crippen molar-refractivity contribution in [2.75, 3.05) is 13.1 Å². The maximum atomic E-state index is 3.36. The topological polar surface area (TPSA) is 12.0 Å². The van der Waals surface area contributed by atoms with Gasteiger partial charge in [-0.3, -0.25) is 0 Å². The number of rotatable bonds is 5. The molecule has 1 aromatic heterocycles. The Bertz CT molecular complexity index is 266. The Morgan fingerprint density at radius 3 is 3.08 bits per heavy atom. The minimum atomic E-state index is 0.958. The van der Waals surface area contributed by atoms with Crippen LogP contribution in [0.5, 0.6) is 0 Å². The van der Waals surface area contributed by atoms with E-state index in [1.807, 2.05) is 6.92 Å². The van der Waals surface area contributed by atoms with Crippen LogP contribution in [0.2, 0.25) is 0 Å². The van der Waals surface area contributed by atoms with Gasteiger partial charge in [-0.15, -0.1) is 11.8 Å². The molecule has 70 valence electrons. The normalized spacial score (nSPS) is 9.31. The highest BCUT2D eigenvalue weighted by molar-refractivity contribution is 7.07. The van der Waals surface area contributed by atoms with E-state index < -0.39 is 0 Å². The zero-order chi connectivity index (χ0) is 9.36. The average Bonchev–Trinajstić information content (AvgIpc) is 2.63. The third-order valence-electron chi connectivity index (χ3n) is 1.77. The quantitative estimate of drug-likeness (QED) is 0.559. The van der Waals surface area contributed by atoms with Gasteiger partial charge in [-0.05, 0) is 42.3 Å². The number of nitrogens with one attached hydrogen (secondary N) is 1. The SMILES string of the molecule is CC#CCCNCCc1ccsc1. The van der Waals surface area contributed by atoms with E-state index in [2.05, 4.69) is 34.0 Å². The van der Waals surface area contributed by atoms with Crippen molar-refractivity contribution in [3.63, 3.8) is 0 Å². The van der Waals surface area contributed by atoms with Crippen LogP contribution < -0.4 is 5.32 Å². The van der Waals surface area contributed by atoms with Crippen LogP contribution >= 0.6 is 11.3 Å². The van der Waals surface area contributed by atoms with Crippen LogP contribution in [-0.4, -0.2) is 13.1 Å². The van der Waals surface area contributed by atoms with Crippen LogP contribution in [-0.2, 0) is 6.42 Å². The molecule has 0 atom stereocenters. The first-order valence-corrected chi connectivity index (χ1v) is 5.49. The Hall–Kier alpha value is -0.780. The van der Waals surface area contributed by atoms with E-state index in [4.69, 9.17) is 0 Å². The van der Waals surface area contributed by atoms with Crippen molar-refractivity contribution in [2.24, 2.45) is 0 Å². The summed E-state index contributed by atoms with van der Waals surface area (Å²) in [4.78, 5) is 0. The summed E-state index contributed by atoms with van der Waals surface area (Å²) in [5, 5.41) is 7.69. The molecule has 1 aromatic rings. The average molecular weight is 193 g/mol. The molecule has 1 rings (SSSR count). The number of thiophene rings is 1. The summed E-state index contributed by atoms with van der Waals surface area (Å²) < 4.78 is 0. The van der Waals surface area contributed by atoms with Crippen LogP contribution in [0.15, 0.2) is 16.8 Å². The standard InChI is InChI=1S/C11H15NS/c1-2-3-4-7-12-8-5-11-6-9-13-10-11/h6,9-10,12H,4-5,7-8H2,1H3. The van der Waals surface area contributed by atoms with E-state index >= 15 is 0 Å². The molecule has 0 amide bonds. The lowest BCUT2D eigenvalue weighted by Crippen LogP contribution is -2.17. The van der Waals surface area contributed by atoms with Crippen molar-refractivity contribution >= 4 is 11.3 Å². The Labute approximate surface area is 84.2 Å². The maximum absolute atomic E-state index is 3.36. The molecule has 0 aromatic carbocycles. The molecule has 0 bridgehead atoms. The van der Waals surface area contributed by atoms with Gasteiger partial charge in [-0.1, -0.05) is 0 Å². The van der Waals surface area contributed by atoms with E-state index in [0.717, 1.165) is 25.9 Å². The molecule has 0 aliphatic carbocycles. The molecule has 13 heavy (non-hydrogen) atoms. The van der Waals surface area contributed by atoms with Gasteiger partial charge < -0.3 is 5.32 Å². The molecule has 0 spiro atoms. The van der Waals surface area contributed by atoms with Gasteiger partial charge in [0.1, 0.15) is 0 Å². The van der Waals surface area contributed by atoms with E-state index in [0.29, 0.717) is 0 Å². The highest BCUT2D eigenvalue weighted by Gasteiger charge is 1.91. The molecule has 1 nitrogen and oxygen atoms in total. The van der Waals surface area contributed by atoms with E-state index in [9.17, 15) is 0 Å². The maximum Gasteiger partial charge on any atom is 0.0214 e. The van der Waals surface area contributed by atoms with E-state index in [-0.39, 0.29) is 0 Å². The fourth-order valence-electron chi connectivity index (χ4n) is 1.07. The predicted octanol–water partition coefficient (Wildman–Crippen LogP) is 2.29. The Morgan fingerprint density at radius 2 is 2.38 bits per heavy atom. The van der Waals surface area contributed by atoms with Gasteiger partial charge in [0.25, 0.3) is 0 Å². The van der Waals surface area contributed by atoms with E-state index in [1.165, 1.54) is 5.56 Å². The molecular weight excluding hydrogens is 178 g/mol. The van der Waals surface area contributed by atoms with Crippen molar-refractivity contribution in [3.05, 3.63) is 22.4 Å². The van der Waals surface area contributed by atoms with Gasteiger partial charge in [0.05, 0.1) is 0 Å². The molecule has 0 radical (unpaired) electrons. The van der Waals surface area contributed by atoms with Crippen molar-refractivity contribution < 1.29 is 0 Å². The minimum absolute atomic E-state index is 0.958. The fraction of sp³-hybridized carbons (Fsp3) is 0.455. The largest absolute Gasteiger partial charge is 0.315 e. The molecule has 0 aliphatic heterocycles. The minimum Gasteiger partial charge on any atom is -0.315 e. The lowest BCUT2D eigenvalue weighted by atomic mass is 10.2. The second-order valence-corrected chi connectivity index (χ2v) is 3.59. The van der Waals surface area contributed by atoms with Crippen LogP contribution in [0, 0.1) is 11.8 Å². The lowest BCUT2D eigenvalue weighted by Gasteiger charge is -1.99. The van der Waals surface area contributed by atoms with Gasteiger partial charge in [-0.2, -0.15) is 11.3 Å². The van der Waals surface area contributed by atoms with Gasteiger partial charge >= 0.3 is 0 Å². The van der Waals surface area contributed by atoms with Crippen LogP contribution in [0.4, 0.5) is 0 Å². The molecule has 0 unspecified atom stereocenters. The summed E-state index contributed by atoms with van der Waals surface area (Å²) in [6.45, 7) is 3.94. The second-order valence-electron chi connectivity index (χ2n) is 2.81. The summed E-state index contributed by atoms with van der Waals surface area (Å²) >= 11 is 1.76. The number of hydrogen-bond donors (Lipinski definition) is 1. The van der Waals surface area contributed by atoms with E-state index in [1.54, 1.807) is 11.3 Å². The van der Waals surface area contributed by atoms with Crippen molar-refractivity contribution in [1.29, 1.82) is 0 Å². The van der Waals surface area contributed by atoms with Gasteiger partial charge in [0.2, 0.25) is 0 Å². The van der Waals surface area contributed by atoms with Crippen LogP contribution in [0.3, 0.4) is 0 Å². The zero-order valence-electron chi connectivity index (χ0n) is 7.97. The highest BCUT2D eigenvalue weighted by atomic mass is 32.1. The third-order valence-corrected chi connectivity index (χ3v) is 2.51. The van der Waals surface area contributed by atoms with Gasteiger partial charge in [0.15, 0.2) is 0 Å². The number of hydrogen-bond acceptors (Lipinski definition) is 2. The second kappa shape index (κ2) is 6.71. The van der Waals surface area contributed by atoms with Crippen LogP contribution in [0.25, 0.3) is 0 Å². The Balaban J connectivity index is 1.98. The summed E-state index contributed by atoms with van der Waals surface area (Å²) in [6, 6.07) is 2.18.